The Morgan fingerprint density at radius 2 is 1.43 bits per heavy atom. The molecule has 0 aliphatic carbocycles. The molecule has 8 heteroatoms. The molecule has 2 aliphatic rings. The zero-order chi connectivity index (χ0) is 29.5. The van der Waals surface area contributed by atoms with Crippen molar-refractivity contribution in [2.75, 3.05) is 13.7 Å². The third-order valence-corrected chi connectivity index (χ3v) is 8.70. The van der Waals surface area contributed by atoms with Gasteiger partial charge in [-0.3, -0.25) is 14.4 Å². The summed E-state index contributed by atoms with van der Waals surface area (Å²) in [5.74, 6) is -1.24. The molecule has 0 bridgehead atoms. The summed E-state index contributed by atoms with van der Waals surface area (Å²) in [6.07, 6.45) is 2.98. The molecule has 0 unspecified atom stereocenters. The van der Waals surface area contributed by atoms with E-state index in [9.17, 15) is 19.5 Å². The Morgan fingerprint density at radius 1 is 0.857 bits per heavy atom. The molecule has 3 aromatic rings. The van der Waals surface area contributed by atoms with Crippen LogP contribution in [0.4, 0.5) is 0 Å². The zero-order valence-corrected chi connectivity index (χ0v) is 24.0. The number of nitrogens with one attached hydrogen (secondary N) is 3. The van der Waals surface area contributed by atoms with Crippen molar-refractivity contribution in [2.24, 2.45) is 5.92 Å². The van der Waals surface area contributed by atoms with Gasteiger partial charge in [0.15, 0.2) is 0 Å². The second-order valence-electron chi connectivity index (χ2n) is 11.3. The highest BCUT2D eigenvalue weighted by Crippen LogP contribution is 2.35. The van der Waals surface area contributed by atoms with Crippen molar-refractivity contribution in [3.8, 4) is 0 Å². The number of aliphatic hydroxyl groups excluding tert-OH is 1. The fraction of sp³-hybridized carbons (Fsp3) is 0.382. The van der Waals surface area contributed by atoms with Crippen molar-refractivity contribution in [1.29, 1.82) is 0 Å². The van der Waals surface area contributed by atoms with Crippen LogP contribution < -0.4 is 16.0 Å². The molecule has 0 spiro atoms. The van der Waals surface area contributed by atoms with Gasteiger partial charge in [0.2, 0.25) is 17.7 Å². The summed E-state index contributed by atoms with van der Waals surface area (Å²) >= 11 is 0. The maximum Gasteiger partial charge on any atom is 0.246 e. The number of amides is 3. The SMILES string of the molecule is CN[C@H](Cc1ccccc1)C(=O)N[C@@H]1C(=O)N2[C@@H](CC[C@@H]1CO)CC[C@H]2C(=O)NC(c1ccccc1)c1ccccc1. The van der Waals surface area contributed by atoms with Crippen molar-refractivity contribution in [3.63, 3.8) is 0 Å². The van der Waals surface area contributed by atoms with Gasteiger partial charge in [-0.2, -0.15) is 0 Å². The van der Waals surface area contributed by atoms with Gasteiger partial charge in [-0.15, -0.1) is 0 Å². The van der Waals surface area contributed by atoms with Gasteiger partial charge in [0.05, 0.1) is 12.1 Å². The van der Waals surface area contributed by atoms with Crippen LogP contribution in [0.1, 0.15) is 48.4 Å². The number of carbonyl (C=O) groups excluding carboxylic acids is 3. The Labute approximate surface area is 247 Å². The first kappa shape index (κ1) is 29.5. The van der Waals surface area contributed by atoms with E-state index < -0.39 is 24.0 Å². The number of benzene rings is 3. The molecule has 220 valence electrons. The van der Waals surface area contributed by atoms with Crippen LogP contribution in [0.25, 0.3) is 0 Å². The minimum absolute atomic E-state index is 0.111. The molecular weight excluding hydrogens is 528 g/mol. The molecule has 3 aromatic carbocycles. The van der Waals surface area contributed by atoms with Gasteiger partial charge in [0.25, 0.3) is 0 Å². The minimum Gasteiger partial charge on any atom is -0.396 e. The third kappa shape index (κ3) is 6.55. The Kier molecular flexibility index (Phi) is 9.66. The van der Waals surface area contributed by atoms with Gasteiger partial charge >= 0.3 is 0 Å². The van der Waals surface area contributed by atoms with E-state index in [2.05, 4.69) is 16.0 Å². The van der Waals surface area contributed by atoms with Crippen LogP contribution in [-0.4, -0.2) is 65.5 Å². The molecule has 2 fully saturated rings. The van der Waals surface area contributed by atoms with Crippen LogP contribution in [0.2, 0.25) is 0 Å². The lowest BCUT2D eigenvalue weighted by Gasteiger charge is -2.33. The van der Waals surface area contributed by atoms with Gasteiger partial charge in [0, 0.05) is 18.6 Å². The average Bonchev–Trinajstić information content (AvgIpc) is 3.42. The Morgan fingerprint density at radius 3 is 2.00 bits per heavy atom. The highest BCUT2D eigenvalue weighted by molar-refractivity contribution is 5.94. The highest BCUT2D eigenvalue weighted by atomic mass is 16.3. The van der Waals surface area contributed by atoms with Crippen molar-refractivity contribution in [1.82, 2.24) is 20.9 Å². The molecular formula is C34H40N4O4. The maximum absolute atomic E-state index is 14.1. The number of carbonyl (C=O) groups is 3. The number of rotatable bonds is 10. The van der Waals surface area contributed by atoms with Crippen LogP contribution in [0.5, 0.6) is 0 Å². The molecule has 5 atom stereocenters. The number of fused-ring (bicyclic) bond motifs is 1. The predicted molar refractivity (Wildman–Crippen MR) is 161 cm³/mol. The molecule has 4 N–H and O–H groups in total. The monoisotopic (exact) mass is 568 g/mol. The van der Waals surface area contributed by atoms with Crippen LogP contribution in [0.3, 0.4) is 0 Å². The van der Waals surface area contributed by atoms with E-state index in [1.54, 1.807) is 11.9 Å². The summed E-state index contributed by atoms with van der Waals surface area (Å²) in [6, 6.07) is 26.7. The normalized spacial score (nSPS) is 22.7. The summed E-state index contributed by atoms with van der Waals surface area (Å²) < 4.78 is 0. The van der Waals surface area contributed by atoms with Crippen LogP contribution in [-0.2, 0) is 20.8 Å². The third-order valence-electron chi connectivity index (χ3n) is 8.70. The van der Waals surface area contributed by atoms with Gasteiger partial charge in [-0.25, -0.2) is 0 Å². The lowest BCUT2D eigenvalue weighted by molar-refractivity contribution is -0.144. The Balaban J connectivity index is 1.35. The van der Waals surface area contributed by atoms with Gasteiger partial charge < -0.3 is 26.0 Å². The summed E-state index contributed by atoms with van der Waals surface area (Å²) in [4.78, 5) is 43.2. The van der Waals surface area contributed by atoms with Gasteiger partial charge in [-0.1, -0.05) is 91.0 Å². The number of aliphatic hydroxyl groups is 1. The van der Waals surface area contributed by atoms with E-state index in [0.29, 0.717) is 32.1 Å². The van der Waals surface area contributed by atoms with E-state index in [1.165, 1.54) is 0 Å². The molecule has 42 heavy (non-hydrogen) atoms. The lowest BCUT2D eigenvalue weighted by Crippen LogP contribution is -2.59. The first-order valence-corrected chi connectivity index (χ1v) is 14.8. The van der Waals surface area contributed by atoms with Crippen molar-refractivity contribution in [2.45, 2.75) is 62.3 Å². The average molecular weight is 569 g/mol. The van der Waals surface area contributed by atoms with E-state index >= 15 is 0 Å². The van der Waals surface area contributed by atoms with E-state index in [4.69, 9.17) is 0 Å². The van der Waals surface area contributed by atoms with E-state index in [-0.39, 0.29) is 36.4 Å². The lowest BCUT2D eigenvalue weighted by atomic mass is 9.93. The molecule has 2 saturated heterocycles. The highest BCUT2D eigenvalue weighted by Gasteiger charge is 2.48. The van der Waals surface area contributed by atoms with Gasteiger partial charge in [-0.05, 0) is 55.8 Å². The van der Waals surface area contributed by atoms with Crippen molar-refractivity contribution in [3.05, 3.63) is 108 Å². The molecule has 2 heterocycles. The standard InChI is InChI=1S/C34H40N4O4/c1-35-28(21-23-11-5-2-6-12-23)32(40)37-31-26(22-39)17-18-27-19-20-29(38(27)34(31)42)33(41)36-30(24-13-7-3-8-14-24)25-15-9-4-10-16-25/h2-16,26-31,35,39H,17-22H2,1H3,(H,36,41)(H,37,40)/t26-,27+,28-,29+,31+/m1/s1. The Bertz CT molecular complexity index is 1300. The number of hydrogen-bond donors (Lipinski definition) is 4. The maximum atomic E-state index is 14.1. The van der Waals surface area contributed by atoms with Gasteiger partial charge in [0.1, 0.15) is 12.1 Å². The Hall–Kier alpha value is -4.01. The number of likely N-dealkylation sites (N-methyl/N-ethyl adjacent to an activating group) is 1. The topological polar surface area (TPSA) is 111 Å². The summed E-state index contributed by atoms with van der Waals surface area (Å²) in [6.45, 7) is -0.221. The first-order chi connectivity index (χ1) is 20.5. The second kappa shape index (κ2) is 13.8. The predicted octanol–water partition coefficient (Wildman–Crippen LogP) is 2.97. The molecule has 0 radical (unpaired) electrons. The molecule has 5 rings (SSSR count). The summed E-state index contributed by atoms with van der Waals surface area (Å²) in [5.41, 5.74) is 2.91. The van der Waals surface area contributed by atoms with Crippen LogP contribution in [0, 0.1) is 5.92 Å². The fourth-order valence-corrected chi connectivity index (χ4v) is 6.39. The summed E-state index contributed by atoms with van der Waals surface area (Å²) in [7, 11) is 1.72. The van der Waals surface area contributed by atoms with Crippen LogP contribution >= 0.6 is 0 Å². The van der Waals surface area contributed by atoms with Crippen molar-refractivity contribution >= 4 is 17.7 Å². The van der Waals surface area contributed by atoms with E-state index in [0.717, 1.165) is 16.7 Å². The molecule has 8 nitrogen and oxygen atoms in total. The zero-order valence-electron chi connectivity index (χ0n) is 24.0. The number of nitrogens with zero attached hydrogens (tertiary/aromatic N) is 1. The number of hydrogen-bond acceptors (Lipinski definition) is 5. The quantitative estimate of drug-likeness (QED) is 0.301. The molecule has 3 amide bonds. The molecule has 0 aromatic heterocycles. The summed E-state index contributed by atoms with van der Waals surface area (Å²) in [5, 5.41) is 19.5. The van der Waals surface area contributed by atoms with E-state index in [1.807, 2.05) is 91.0 Å². The first-order valence-electron chi connectivity index (χ1n) is 14.8. The molecule has 2 aliphatic heterocycles. The minimum atomic E-state index is -0.911. The molecule has 0 saturated carbocycles. The smallest absolute Gasteiger partial charge is 0.246 e. The van der Waals surface area contributed by atoms with Crippen molar-refractivity contribution < 1.29 is 19.5 Å². The largest absolute Gasteiger partial charge is 0.396 e. The van der Waals surface area contributed by atoms with Crippen LogP contribution in [0.15, 0.2) is 91.0 Å². The fourth-order valence-electron chi connectivity index (χ4n) is 6.39. The second-order valence-corrected chi connectivity index (χ2v) is 11.3.